The highest BCUT2D eigenvalue weighted by molar-refractivity contribution is 9.10. The van der Waals surface area contributed by atoms with Crippen LogP contribution < -0.4 is 5.32 Å². The molecule has 2 rings (SSSR count). The zero-order valence-corrected chi connectivity index (χ0v) is 12.4. The zero-order valence-electron chi connectivity index (χ0n) is 10.00. The van der Waals surface area contributed by atoms with Crippen LogP contribution in [0.4, 0.5) is 13.2 Å². The van der Waals surface area contributed by atoms with E-state index in [4.69, 9.17) is 0 Å². The molecule has 0 aliphatic carbocycles. The van der Waals surface area contributed by atoms with Crippen LogP contribution in [-0.2, 0) is 12.7 Å². The van der Waals surface area contributed by atoms with Gasteiger partial charge in [-0.25, -0.2) is 0 Å². The molecule has 1 aromatic carbocycles. The lowest BCUT2D eigenvalue weighted by atomic mass is 10.1. The van der Waals surface area contributed by atoms with E-state index in [9.17, 15) is 18.0 Å². The van der Waals surface area contributed by atoms with Crippen molar-refractivity contribution in [3.63, 3.8) is 0 Å². The summed E-state index contributed by atoms with van der Waals surface area (Å²) in [5.74, 6) is -0.399. The smallest absolute Gasteiger partial charge is 0.347 e. The van der Waals surface area contributed by atoms with Crippen molar-refractivity contribution in [2.24, 2.45) is 0 Å². The summed E-state index contributed by atoms with van der Waals surface area (Å²) in [6, 6.07) is 6.90. The highest BCUT2D eigenvalue weighted by Crippen LogP contribution is 2.31. The van der Waals surface area contributed by atoms with E-state index in [2.05, 4.69) is 21.2 Å². The van der Waals surface area contributed by atoms with Crippen LogP contribution in [0, 0.1) is 0 Å². The fourth-order valence-corrected chi connectivity index (χ4v) is 3.13. The first kappa shape index (κ1) is 15.1. The first-order valence-corrected chi connectivity index (χ1v) is 7.23. The quantitative estimate of drug-likeness (QED) is 0.856. The number of carbonyl (C=O) groups excluding carboxylic acids is 1. The fraction of sp³-hybridized carbons (Fsp3) is 0.154. The second-order valence-corrected chi connectivity index (χ2v) is 5.71. The molecule has 0 bridgehead atoms. The van der Waals surface area contributed by atoms with Gasteiger partial charge in [-0.05, 0) is 39.0 Å². The monoisotopic (exact) mass is 363 g/mol. The van der Waals surface area contributed by atoms with Gasteiger partial charge < -0.3 is 5.32 Å². The number of alkyl halides is 3. The van der Waals surface area contributed by atoms with E-state index in [0.29, 0.717) is 9.35 Å². The molecule has 7 heteroatoms. The number of benzene rings is 1. The summed E-state index contributed by atoms with van der Waals surface area (Å²) in [4.78, 5) is 12.3. The third-order valence-electron chi connectivity index (χ3n) is 2.59. The topological polar surface area (TPSA) is 29.1 Å². The molecule has 0 aliphatic heterocycles. The van der Waals surface area contributed by atoms with E-state index in [-0.39, 0.29) is 12.1 Å². The van der Waals surface area contributed by atoms with Crippen LogP contribution in [0.5, 0.6) is 0 Å². The molecule has 0 radical (unpaired) electrons. The Balaban J connectivity index is 2.12. The maximum absolute atomic E-state index is 12.8. The minimum absolute atomic E-state index is 0.0426. The highest BCUT2D eigenvalue weighted by Gasteiger charge is 2.32. The van der Waals surface area contributed by atoms with Crippen LogP contribution in [0.3, 0.4) is 0 Å². The van der Waals surface area contributed by atoms with Crippen molar-refractivity contribution < 1.29 is 18.0 Å². The Morgan fingerprint density at radius 2 is 1.95 bits per heavy atom. The molecule has 1 heterocycles. The van der Waals surface area contributed by atoms with E-state index < -0.39 is 17.6 Å². The molecule has 1 amide bonds. The van der Waals surface area contributed by atoms with Gasteiger partial charge in [-0.3, -0.25) is 4.79 Å². The predicted octanol–water partition coefficient (Wildman–Crippen LogP) is 4.46. The van der Waals surface area contributed by atoms with Crippen LogP contribution in [0.1, 0.15) is 20.8 Å². The summed E-state index contributed by atoms with van der Waals surface area (Å²) in [6.07, 6.45) is -4.43. The second-order valence-electron chi connectivity index (χ2n) is 3.94. The summed E-state index contributed by atoms with van der Waals surface area (Å²) >= 11 is 4.43. The van der Waals surface area contributed by atoms with Gasteiger partial charge in [-0.1, -0.05) is 18.2 Å². The zero-order chi connectivity index (χ0) is 14.8. The van der Waals surface area contributed by atoms with Crippen molar-refractivity contribution >= 4 is 33.2 Å². The van der Waals surface area contributed by atoms with Crippen molar-refractivity contribution in [2.75, 3.05) is 0 Å². The highest BCUT2D eigenvalue weighted by atomic mass is 79.9. The third kappa shape index (κ3) is 3.40. The van der Waals surface area contributed by atoms with Gasteiger partial charge in [0.2, 0.25) is 0 Å². The van der Waals surface area contributed by atoms with E-state index in [1.54, 1.807) is 11.4 Å². The summed E-state index contributed by atoms with van der Waals surface area (Å²) in [6.45, 7) is -0.168. The number of hydrogen-bond donors (Lipinski definition) is 1. The summed E-state index contributed by atoms with van der Waals surface area (Å²) in [5.41, 5.74) is -0.688. The Morgan fingerprint density at radius 1 is 1.25 bits per heavy atom. The SMILES string of the molecule is O=C(NCc1ccccc1C(F)(F)F)c1sccc1Br. The number of nitrogens with one attached hydrogen (secondary N) is 1. The predicted molar refractivity (Wildman–Crippen MR) is 74.6 cm³/mol. The minimum Gasteiger partial charge on any atom is -0.347 e. The lowest BCUT2D eigenvalue weighted by Gasteiger charge is -2.13. The number of hydrogen-bond acceptors (Lipinski definition) is 2. The maximum atomic E-state index is 12.8. The molecule has 0 atom stereocenters. The molecular formula is C13H9BrF3NOS. The van der Waals surface area contributed by atoms with Gasteiger partial charge in [0.25, 0.3) is 5.91 Å². The van der Waals surface area contributed by atoms with Crippen LogP contribution >= 0.6 is 27.3 Å². The van der Waals surface area contributed by atoms with Gasteiger partial charge in [0.1, 0.15) is 4.88 Å². The molecule has 0 spiro atoms. The Hall–Kier alpha value is -1.34. The summed E-state index contributed by atoms with van der Waals surface area (Å²) in [7, 11) is 0. The molecule has 106 valence electrons. The fourth-order valence-electron chi connectivity index (χ4n) is 1.66. The van der Waals surface area contributed by atoms with Crippen molar-refractivity contribution in [3.05, 3.63) is 56.2 Å². The first-order chi connectivity index (χ1) is 9.39. The summed E-state index contributed by atoms with van der Waals surface area (Å²) < 4.78 is 39.0. The van der Waals surface area contributed by atoms with Gasteiger partial charge in [-0.15, -0.1) is 11.3 Å². The molecule has 0 unspecified atom stereocenters. The van der Waals surface area contributed by atoms with E-state index in [1.165, 1.54) is 29.5 Å². The molecule has 1 N–H and O–H groups in total. The number of carbonyl (C=O) groups is 1. The average molecular weight is 364 g/mol. The first-order valence-electron chi connectivity index (χ1n) is 5.56. The molecule has 0 saturated carbocycles. The molecule has 20 heavy (non-hydrogen) atoms. The molecule has 1 aromatic heterocycles. The van der Waals surface area contributed by atoms with Crippen LogP contribution in [0.15, 0.2) is 40.2 Å². The van der Waals surface area contributed by atoms with Crippen LogP contribution in [0.2, 0.25) is 0 Å². The Bertz CT molecular complexity index is 624. The van der Waals surface area contributed by atoms with Gasteiger partial charge >= 0.3 is 6.18 Å². The maximum Gasteiger partial charge on any atom is 0.416 e. The van der Waals surface area contributed by atoms with Crippen molar-refractivity contribution in [2.45, 2.75) is 12.7 Å². The lowest BCUT2D eigenvalue weighted by Crippen LogP contribution is -2.24. The normalized spacial score (nSPS) is 11.4. The van der Waals surface area contributed by atoms with Crippen molar-refractivity contribution in [1.29, 1.82) is 0 Å². The Kier molecular flexibility index (Phi) is 4.49. The molecular weight excluding hydrogens is 355 g/mol. The average Bonchev–Trinajstić information content (AvgIpc) is 2.81. The number of thiophene rings is 1. The van der Waals surface area contributed by atoms with Gasteiger partial charge in [0.05, 0.1) is 5.56 Å². The molecule has 0 saturated heterocycles. The second kappa shape index (κ2) is 5.97. The van der Waals surface area contributed by atoms with Crippen LogP contribution in [0.25, 0.3) is 0 Å². The molecule has 2 nitrogen and oxygen atoms in total. The number of amides is 1. The van der Waals surface area contributed by atoms with E-state index in [1.807, 2.05) is 0 Å². The van der Waals surface area contributed by atoms with Gasteiger partial charge in [0.15, 0.2) is 0 Å². The molecule has 0 fully saturated rings. The van der Waals surface area contributed by atoms with Crippen molar-refractivity contribution in [3.8, 4) is 0 Å². The summed E-state index contributed by atoms with van der Waals surface area (Å²) in [5, 5.41) is 4.22. The minimum atomic E-state index is -4.43. The lowest BCUT2D eigenvalue weighted by molar-refractivity contribution is -0.138. The Labute approximate surface area is 125 Å². The number of rotatable bonds is 3. The van der Waals surface area contributed by atoms with Crippen molar-refractivity contribution in [1.82, 2.24) is 5.32 Å². The molecule has 0 aliphatic rings. The van der Waals surface area contributed by atoms with Gasteiger partial charge in [-0.2, -0.15) is 13.2 Å². The van der Waals surface area contributed by atoms with Crippen LogP contribution in [-0.4, -0.2) is 5.91 Å². The van der Waals surface area contributed by atoms with Gasteiger partial charge in [0, 0.05) is 11.0 Å². The standard InChI is InChI=1S/C13H9BrF3NOS/c14-10-5-6-20-11(10)12(19)18-7-8-3-1-2-4-9(8)13(15,16)17/h1-6H,7H2,(H,18,19). The third-order valence-corrected chi connectivity index (χ3v) is 4.42. The molecule has 2 aromatic rings. The van der Waals surface area contributed by atoms with E-state index in [0.717, 1.165) is 6.07 Å². The van der Waals surface area contributed by atoms with E-state index >= 15 is 0 Å². The largest absolute Gasteiger partial charge is 0.416 e. The Morgan fingerprint density at radius 3 is 2.55 bits per heavy atom. The number of halogens is 4.